The van der Waals surface area contributed by atoms with Crippen LogP contribution < -0.4 is 0 Å². The smallest absolute Gasteiger partial charge is 0.0627 e. The van der Waals surface area contributed by atoms with Crippen LogP contribution in [0, 0.1) is 22.7 Å². The second kappa shape index (κ2) is 4.38. The van der Waals surface area contributed by atoms with Crippen molar-refractivity contribution in [2.24, 2.45) is 11.3 Å². The minimum Gasteiger partial charge on any atom is -0.198 e. The molecular formula is C10H19N. The van der Waals surface area contributed by atoms with Crippen molar-refractivity contribution >= 4 is 0 Å². The largest absolute Gasteiger partial charge is 0.198 e. The van der Waals surface area contributed by atoms with Crippen LogP contribution in [0.4, 0.5) is 0 Å². The highest BCUT2D eigenvalue weighted by Crippen LogP contribution is 2.47. The Hall–Kier alpha value is -0.510. The Kier molecular flexibility index (Phi) is 4.18. The molecule has 0 N–H and O–H groups in total. The molecule has 0 amide bonds. The van der Waals surface area contributed by atoms with Crippen LogP contribution in [0.2, 0.25) is 0 Å². The van der Waals surface area contributed by atoms with E-state index in [0.717, 1.165) is 12.3 Å². The van der Waals surface area contributed by atoms with E-state index in [9.17, 15) is 0 Å². The van der Waals surface area contributed by atoms with Crippen LogP contribution in [0.5, 0.6) is 0 Å². The first-order chi connectivity index (χ1) is 5.16. The number of hydrogen-bond donors (Lipinski definition) is 0. The molecule has 64 valence electrons. The summed E-state index contributed by atoms with van der Waals surface area (Å²) in [6, 6.07) is 2.23. The third kappa shape index (κ3) is 2.93. The molecule has 0 heterocycles. The number of rotatable bonds is 1. The minimum absolute atomic E-state index is 0.383. The van der Waals surface area contributed by atoms with Crippen LogP contribution in [0.25, 0.3) is 0 Å². The molecule has 0 saturated heterocycles. The molecule has 0 radical (unpaired) electrons. The highest BCUT2D eigenvalue weighted by atomic mass is 14.4. The van der Waals surface area contributed by atoms with Crippen LogP contribution in [0.3, 0.4) is 0 Å². The van der Waals surface area contributed by atoms with Crippen molar-refractivity contribution in [1.82, 2.24) is 0 Å². The van der Waals surface area contributed by atoms with Crippen molar-refractivity contribution in [3.63, 3.8) is 0 Å². The standard InChI is InChI=1S/C8H13N.C2H6/c1-7-5-8(2,6-7)3-4-9;1-2/h7H,3,5-6H2,1-2H3;1-2H3. The second-order valence-corrected chi connectivity index (χ2v) is 3.66. The minimum atomic E-state index is 0.383. The summed E-state index contributed by atoms with van der Waals surface area (Å²) in [5, 5.41) is 8.40. The Bertz CT molecular complexity index is 137. The third-order valence-electron chi connectivity index (χ3n) is 2.19. The molecule has 11 heavy (non-hydrogen) atoms. The molecule has 0 aromatic heterocycles. The van der Waals surface area contributed by atoms with Gasteiger partial charge in [0.25, 0.3) is 0 Å². The zero-order valence-corrected chi connectivity index (χ0v) is 8.15. The predicted molar refractivity (Wildman–Crippen MR) is 48.1 cm³/mol. The molecule has 1 fully saturated rings. The van der Waals surface area contributed by atoms with E-state index >= 15 is 0 Å². The lowest BCUT2D eigenvalue weighted by Gasteiger charge is -2.42. The van der Waals surface area contributed by atoms with Crippen molar-refractivity contribution in [1.29, 1.82) is 5.26 Å². The Morgan fingerprint density at radius 2 is 1.91 bits per heavy atom. The fourth-order valence-corrected chi connectivity index (χ4v) is 1.96. The molecule has 0 unspecified atom stereocenters. The van der Waals surface area contributed by atoms with E-state index in [1.807, 2.05) is 13.8 Å². The van der Waals surface area contributed by atoms with Gasteiger partial charge in [0, 0.05) is 6.42 Å². The molecule has 1 nitrogen and oxygen atoms in total. The summed E-state index contributed by atoms with van der Waals surface area (Å²) in [7, 11) is 0. The van der Waals surface area contributed by atoms with E-state index in [2.05, 4.69) is 19.9 Å². The van der Waals surface area contributed by atoms with Gasteiger partial charge < -0.3 is 0 Å². The van der Waals surface area contributed by atoms with Gasteiger partial charge in [0.05, 0.1) is 6.07 Å². The van der Waals surface area contributed by atoms with E-state index in [0.29, 0.717) is 5.41 Å². The van der Waals surface area contributed by atoms with Crippen LogP contribution in [-0.2, 0) is 0 Å². The lowest BCUT2D eigenvalue weighted by Crippen LogP contribution is -2.32. The first-order valence-electron chi connectivity index (χ1n) is 4.53. The molecule has 0 bridgehead atoms. The van der Waals surface area contributed by atoms with Crippen LogP contribution >= 0.6 is 0 Å². The Morgan fingerprint density at radius 1 is 1.45 bits per heavy atom. The highest BCUT2D eigenvalue weighted by molar-refractivity contribution is 4.94. The SMILES string of the molecule is CC.CC1CC(C)(CC#N)C1. The highest BCUT2D eigenvalue weighted by Gasteiger charge is 2.36. The normalized spacial score (nSPS) is 34.3. The second-order valence-electron chi connectivity index (χ2n) is 3.66. The Balaban J connectivity index is 0.000000461. The molecule has 0 atom stereocenters. The van der Waals surface area contributed by atoms with Crippen LogP contribution in [-0.4, -0.2) is 0 Å². The predicted octanol–water partition coefficient (Wildman–Crippen LogP) is 3.36. The molecule has 1 rings (SSSR count). The monoisotopic (exact) mass is 153 g/mol. The van der Waals surface area contributed by atoms with Gasteiger partial charge in [0.1, 0.15) is 0 Å². The van der Waals surface area contributed by atoms with Crippen molar-refractivity contribution in [3.05, 3.63) is 0 Å². The van der Waals surface area contributed by atoms with Gasteiger partial charge >= 0.3 is 0 Å². The van der Waals surface area contributed by atoms with Crippen LogP contribution in [0.15, 0.2) is 0 Å². The van der Waals surface area contributed by atoms with Crippen molar-refractivity contribution in [2.75, 3.05) is 0 Å². The Labute approximate surface area is 70.4 Å². The van der Waals surface area contributed by atoms with Crippen molar-refractivity contribution in [3.8, 4) is 6.07 Å². The van der Waals surface area contributed by atoms with E-state index in [4.69, 9.17) is 5.26 Å². The molecule has 1 aliphatic rings. The van der Waals surface area contributed by atoms with Gasteiger partial charge in [-0.3, -0.25) is 0 Å². The molecule has 1 aliphatic carbocycles. The van der Waals surface area contributed by atoms with Gasteiger partial charge in [-0.05, 0) is 24.2 Å². The van der Waals surface area contributed by atoms with Gasteiger partial charge in [-0.2, -0.15) is 5.26 Å². The summed E-state index contributed by atoms with van der Waals surface area (Å²) in [6.45, 7) is 8.45. The van der Waals surface area contributed by atoms with Gasteiger partial charge in [0.2, 0.25) is 0 Å². The van der Waals surface area contributed by atoms with Crippen molar-refractivity contribution < 1.29 is 0 Å². The molecule has 0 aliphatic heterocycles. The first kappa shape index (κ1) is 10.5. The van der Waals surface area contributed by atoms with Gasteiger partial charge in [-0.1, -0.05) is 27.7 Å². The summed E-state index contributed by atoms with van der Waals surface area (Å²) in [5.41, 5.74) is 0.383. The van der Waals surface area contributed by atoms with E-state index < -0.39 is 0 Å². The fraction of sp³-hybridized carbons (Fsp3) is 0.900. The van der Waals surface area contributed by atoms with Crippen molar-refractivity contribution in [2.45, 2.75) is 47.0 Å². The maximum Gasteiger partial charge on any atom is 0.0627 e. The first-order valence-corrected chi connectivity index (χ1v) is 4.53. The molecule has 0 aromatic carbocycles. The molecule has 1 heteroatoms. The lowest BCUT2D eigenvalue weighted by molar-refractivity contribution is 0.0937. The maximum atomic E-state index is 8.40. The average Bonchev–Trinajstić information content (AvgIpc) is 1.90. The molecule has 1 saturated carbocycles. The van der Waals surface area contributed by atoms with Gasteiger partial charge in [-0.15, -0.1) is 0 Å². The summed E-state index contributed by atoms with van der Waals surface area (Å²) in [5.74, 6) is 0.864. The van der Waals surface area contributed by atoms with Gasteiger partial charge in [-0.25, -0.2) is 0 Å². The fourth-order valence-electron chi connectivity index (χ4n) is 1.96. The molecule has 0 aromatic rings. The maximum absolute atomic E-state index is 8.40. The quantitative estimate of drug-likeness (QED) is 0.566. The van der Waals surface area contributed by atoms with Crippen LogP contribution in [0.1, 0.15) is 47.0 Å². The lowest BCUT2D eigenvalue weighted by atomic mass is 9.62. The third-order valence-corrected chi connectivity index (χ3v) is 2.19. The zero-order chi connectivity index (χ0) is 8.91. The van der Waals surface area contributed by atoms with E-state index in [1.54, 1.807) is 0 Å². The summed E-state index contributed by atoms with van der Waals surface area (Å²) in [6.07, 6.45) is 3.25. The van der Waals surface area contributed by atoms with Gasteiger partial charge in [0.15, 0.2) is 0 Å². The summed E-state index contributed by atoms with van der Waals surface area (Å²) < 4.78 is 0. The topological polar surface area (TPSA) is 23.8 Å². The van der Waals surface area contributed by atoms with E-state index in [1.165, 1.54) is 12.8 Å². The number of nitrogens with zero attached hydrogens (tertiary/aromatic N) is 1. The number of hydrogen-bond acceptors (Lipinski definition) is 1. The number of nitriles is 1. The zero-order valence-electron chi connectivity index (χ0n) is 8.15. The van der Waals surface area contributed by atoms with E-state index in [-0.39, 0.29) is 0 Å². The molecule has 0 spiro atoms. The molecular weight excluding hydrogens is 134 g/mol. The average molecular weight is 153 g/mol. The Morgan fingerprint density at radius 3 is 2.18 bits per heavy atom. The summed E-state index contributed by atoms with van der Waals surface area (Å²) in [4.78, 5) is 0. The summed E-state index contributed by atoms with van der Waals surface area (Å²) >= 11 is 0.